The first kappa shape index (κ1) is 12.1. The zero-order chi connectivity index (χ0) is 13.9. The lowest BCUT2D eigenvalue weighted by molar-refractivity contribution is 0.100. The van der Waals surface area contributed by atoms with Crippen LogP contribution in [0, 0.1) is 6.33 Å². The summed E-state index contributed by atoms with van der Waals surface area (Å²) in [5.41, 5.74) is 6.87. The van der Waals surface area contributed by atoms with Crippen molar-refractivity contribution in [1.82, 2.24) is 19.6 Å². The smallest absolute Gasteiger partial charge is 0.252 e. The minimum Gasteiger partial charge on any atom is -0.365 e. The minimum absolute atomic E-state index is 0.308. The number of hydrogen-bond donors (Lipinski definition) is 2. The topological polar surface area (TPSA) is 98.2 Å². The molecule has 7 heteroatoms. The summed E-state index contributed by atoms with van der Waals surface area (Å²) in [6.07, 6.45) is 4.20. The van der Waals surface area contributed by atoms with Gasteiger partial charge >= 0.3 is 0 Å². The number of anilines is 1. The summed E-state index contributed by atoms with van der Waals surface area (Å²) in [5, 5.41) is 7.15. The molecule has 0 aliphatic rings. The predicted molar refractivity (Wildman–Crippen MR) is 71.9 cm³/mol. The number of aromatic nitrogens is 4. The molecule has 0 bridgehead atoms. The van der Waals surface area contributed by atoms with Gasteiger partial charge in [0.2, 0.25) is 6.33 Å². The van der Waals surface area contributed by atoms with Crippen molar-refractivity contribution < 1.29 is 4.79 Å². The zero-order valence-corrected chi connectivity index (χ0v) is 10.4. The van der Waals surface area contributed by atoms with Gasteiger partial charge in [-0.3, -0.25) is 9.78 Å². The van der Waals surface area contributed by atoms with Crippen molar-refractivity contribution in [2.24, 2.45) is 5.73 Å². The summed E-state index contributed by atoms with van der Waals surface area (Å²) < 4.78 is 1.49. The second-order valence-corrected chi connectivity index (χ2v) is 4.12. The average Bonchev–Trinajstić information content (AvgIpc) is 2.95. The molecule has 3 aromatic rings. The SMILES string of the molecule is NC(=O)c1ccc(NCc2ccccn2)n2n[c]nc12. The minimum atomic E-state index is -0.548. The zero-order valence-electron chi connectivity index (χ0n) is 10.4. The molecule has 0 aliphatic heterocycles. The normalized spacial score (nSPS) is 10.6. The van der Waals surface area contributed by atoms with E-state index in [9.17, 15) is 4.79 Å². The molecule has 0 spiro atoms. The van der Waals surface area contributed by atoms with E-state index in [1.807, 2.05) is 18.2 Å². The molecule has 0 unspecified atom stereocenters. The number of hydrogen-bond acceptors (Lipinski definition) is 5. The first-order valence-electron chi connectivity index (χ1n) is 5.95. The van der Waals surface area contributed by atoms with Gasteiger partial charge in [0.25, 0.3) is 5.91 Å². The largest absolute Gasteiger partial charge is 0.365 e. The van der Waals surface area contributed by atoms with E-state index in [4.69, 9.17) is 5.73 Å². The van der Waals surface area contributed by atoms with Crippen molar-refractivity contribution >= 4 is 17.4 Å². The predicted octanol–water partition coefficient (Wildman–Crippen LogP) is 0.635. The van der Waals surface area contributed by atoms with Crippen molar-refractivity contribution in [3.63, 3.8) is 0 Å². The van der Waals surface area contributed by atoms with Crippen LogP contribution in [0.25, 0.3) is 5.65 Å². The number of fused-ring (bicyclic) bond motifs is 1. The number of nitrogens with zero attached hydrogens (tertiary/aromatic N) is 4. The molecular formula is C13H11N6O. The van der Waals surface area contributed by atoms with Gasteiger partial charge in [0, 0.05) is 6.20 Å². The van der Waals surface area contributed by atoms with Crippen LogP contribution in [0.1, 0.15) is 16.1 Å². The maximum Gasteiger partial charge on any atom is 0.252 e. The lowest BCUT2D eigenvalue weighted by Crippen LogP contribution is -2.14. The van der Waals surface area contributed by atoms with Gasteiger partial charge in [0.05, 0.1) is 17.8 Å². The third-order valence-electron chi connectivity index (χ3n) is 2.82. The molecule has 20 heavy (non-hydrogen) atoms. The molecule has 0 atom stereocenters. The molecular weight excluding hydrogens is 256 g/mol. The van der Waals surface area contributed by atoms with Gasteiger partial charge in [-0.1, -0.05) is 6.07 Å². The lowest BCUT2D eigenvalue weighted by atomic mass is 10.2. The summed E-state index contributed by atoms with van der Waals surface area (Å²) >= 11 is 0. The molecule has 99 valence electrons. The summed E-state index contributed by atoms with van der Waals surface area (Å²) in [7, 11) is 0. The Kier molecular flexibility index (Phi) is 3.00. The number of amides is 1. The Balaban J connectivity index is 1.91. The quantitative estimate of drug-likeness (QED) is 0.722. The van der Waals surface area contributed by atoms with Gasteiger partial charge in [-0.15, -0.1) is 5.10 Å². The highest BCUT2D eigenvalue weighted by Gasteiger charge is 2.12. The van der Waals surface area contributed by atoms with E-state index in [1.165, 1.54) is 4.52 Å². The third kappa shape index (κ3) is 2.16. The molecule has 0 aromatic carbocycles. The molecule has 0 fully saturated rings. The Bertz CT molecular complexity index is 752. The first-order chi connectivity index (χ1) is 9.75. The molecule has 0 saturated carbocycles. The van der Waals surface area contributed by atoms with Crippen LogP contribution >= 0.6 is 0 Å². The molecule has 1 radical (unpaired) electrons. The van der Waals surface area contributed by atoms with E-state index in [2.05, 4.69) is 26.7 Å². The van der Waals surface area contributed by atoms with Crippen LogP contribution in [0.4, 0.5) is 5.82 Å². The van der Waals surface area contributed by atoms with Crippen LogP contribution in [0.15, 0.2) is 36.5 Å². The van der Waals surface area contributed by atoms with Crippen LogP contribution in [-0.4, -0.2) is 25.5 Å². The molecule has 1 amide bonds. The molecule has 3 heterocycles. The summed E-state index contributed by atoms with van der Waals surface area (Å²) in [6, 6.07) is 9.02. The summed E-state index contributed by atoms with van der Waals surface area (Å²) in [4.78, 5) is 19.4. The van der Waals surface area contributed by atoms with Crippen LogP contribution in [0.5, 0.6) is 0 Å². The van der Waals surface area contributed by atoms with E-state index in [0.717, 1.165) is 5.69 Å². The average molecular weight is 267 g/mol. The fraction of sp³-hybridized carbons (Fsp3) is 0.0769. The highest BCUT2D eigenvalue weighted by Crippen LogP contribution is 2.14. The Hall–Kier alpha value is -2.96. The Morgan fingerprint density at radius 3 is 3.00 bits per heavy atom. The Morgan fingerprint density at radius 1 is 1.35 bits per heavy atom. The molecule has 3 aromatic heterocycles. The van der Waals surface area contributed by atoms with Gasteiger partial charge < -0.3 is 11.1 Å². The standard InChI is InChI=1S/C13H11N6O/c14-12(20)10-4-5-11(19-13(10)17-8-18-19)16-7-9-3-1-2-6-15-9/h1-6,16H,7H2,(H2,14,20). The van der Waals surface area contributed by atoms with E-state index in [-0.39, 0.29) is 0 Å². The lowest BCUT2D eigenvalue weighted by Gasteiger charge is -2.08. The van der Waals surface area contributed by atoms with Crippen LogP contribution in [0.3, 0.4) is 0 Å². The highest BCUT2D eigenvalue weighted by molar-refractivity contribution is 5.98. The second-order valence-electron chi connectivity index (χ2n) is 4.12. The van der Waals surface area contributed by atoms with Crippen molar-refractivity contribution in [3.05, 3.63) is 54.1 Å². The fourth-order valence-corrected chi connectivity index (χ4v) is 1.87. The number of pyridine rings is 2. The Morgan fingerprint density at radius 2 is 2.25 bits per heavy atom. The van der Waals surface area contributed by atoms with Crippen molar-refractivity contribution in [2.45, 2.75) is 6.54 Å². The van der Waals surface area contributed by atoms with Crippen LogP contribution in [-0.2, 0) is 6.54 Å². The molecule has 3 N–H and O–H groups in total. The molecule has 0 aliphatic carbocycles. The van der Waals surface area contributed by atoms with Crippen LogP contribution in [0.2, 0.25) is 0 Å². The number of nitrogens with one attached hydrogen (secondary N) is 1. The van der Waals surface area contributed by atoms with Gasteiger partial charge in [0.15, 0.2) is 5.65 Å². The van der Waals surface area contributed by atoms with E-state index in [1.54, 1.807) is 18.3 Å². The Labute approximate surface area is 114 Å². The van der Waals surface area contributed by atoms with E-state index < -0.39 is 5.91 Å². The van der Waals surface area contributed by atoms with Gasteiger partial charge in [-0.2, -0.15) is 4.52 Å². The van der Waals surface area contributed by atoms with Crippen molar-refractivity contribution in [2.75, 3.05) is 5.32 Å². The number of carbonyl (C=O) groups excluding carboxylic acids is 1. The van der Waals surface area contributed by atoms with Gasteiger partial charge in [-0.05, 0) is 24.3 Å². The summed E-state index contributed by atoms with van der Waals surface area (Å²) in [6.45, 7) is 0.533. The summed E-state index contributed by atoms with van der Waals surface area (Å²) in [5.74, 6) is 0.136. The fourth-order valence-electron chi connectivity index (χ4n) is 1.87. The van der Waals surface area contributed by atoms with E-state index in [0.29, 0.717) is 23.6 Å². The van der Waals surface area contributed by atoms with Crippen molar-refractivity contribution in [1.29, 1.82) is 0 Å². The van der Waals surface area contributed by atoms with E-state index >= 15 is 0 Å². The first-order valence-corrected chi connectivity index (χ1v) is 5.95. The maximum absolute atomic E-state index is 11.3. The number of nitrogens with two attached hydrogens (primary N) is 1. The molecule has 7 nitrogen and oxygen atoms in total. The second kappa shape index (κ2) is 4.96. The highest BCUT2D eigenvalue weighted by atomic mass is 16.1. The van der Waals surface area contributed by atoms with Gasteiger partial charge in [0.1, 0.15) is 5.82 Å². The molecule has 0 saturated heterocycles. The third-order valence-corrected chi connectivity index (χ3v) is 2.82. The number of primary amides is 1. The van der Waals surface area contributed by atoms with Crippen molar-refractivity contribution in [3.8, 4) is 0 Å². The number of rotatable bonds is 4. The van der Waals surface area contributed by atoms with Crippen LogP contribution < -0.4 is 11.1 Å². The molecule has 3 rings (SSSR count). The van der Waals surface area contributed by atoms with Gasteiger partial charge in [-0.25, -0.2) is 4.98 Å². The monoisotopic (exact) mass is 267 g/mol. The number of carbonyl (C=O) groups is 1. The maximum atomic E-state index is 11.3.